The molecule has 0 saturated carbocycles. The van der Waals surface area contributed by atoms with E-state index in [1.165, 1.54) is 30.0 Å². The number of piperazine rings is 1. The minimum Gasteiger partial charge on any atom is -0.462 e. The number of carbonyl (C=O) groups is 2. The molecule has 0 bridgehead atoms. The lowest BCUT2D eigenvalue weighted by molar-refractivity contribution is -0.138. The van der Waals surface area contributed by atoms with Gasteiger partial charge in [0.15, 0.2) is 0 Å². The molecule has 2 saturated heterocycles. The van der Waals surface area contributed by atoms with E-state index in [2.05, 4.69) is 22.5 Å². The Bertz CT molecular complexity index is 1470. The van der Waals surface area contributed by atoms with Crippen molar-refractivity contribution >= 4 is 23.3 Å². The highest BCUT2D eigenvalue weighted by Gasteiger charge is 2.37. The molecular weight excluding hydrogens is 575 g/mol. The van der Waals surface area contributed by atoms with Gasteiger partial charge in [0.1, 0.15) is 18.1 Å². The highest BCUT2D eigenvalue weighted by molar-refractivity contribution is 6.07. The lowest BCUT2D eigenvalue weighted by Crippen LogP contribution is -2.55. The standard InChI is InChI=1S/C31H36F3N7O3/c1-4-26(42)40-17-16-39(18-21(40)12-13-35)28-23-9-7-15-41(25-11-5-10-24(20(25)2)31(32,33)34)29(43)27(23)36-30(37-28)44-19-22-8-6-14-38(22)3/h4-5,10-11,21-22H,1,6-9,12,14-19H2,2-3H3/t21?,22-/m0/s1. The summed E-state index contributed by atoms with van der Waals surface area (Å²) in [6.45, 7) is 7.41. The summed E-state index contributed by atoms with van der Waals surface area (Å²) in [5.74, 6) is -0.312. The average molecular weight is 612 g/mol. The van der Waals surface area contributed by atoms with Gasteiger partial charge in [0.25, 0.3) is 5.91 Å². The second kappa shape index (κ2) is 12.8. The smallest absolute Gasteiger partial charge is 0.416 e. The van der Waals surface area contributed by atoms with E-state index in [9.17, 15) is 28.0 Å². The SMILES string of the molecule is C=CC(=O)N1CCN(c2nc(OC[C@@H]3CCCN3C)nc3c2CCCN(c2cccc(C(F)(F)F)c2C)C3=O)CC1CC#N. The monoisotopic (exact) mass is 611 g/mol. The van der Waals surface area contributed by atoms with Crippen LogP contribution in [0.15, 0.2) is 30.9 Å². The first-order valence-corrected chi connectivity index (χ1v) is 14.8. The number of amides is 2. The Morgan fingerprint density at radius 1 is 1.18 bits per heavy atom. The van der Waals surface area contributed by atoms with Crippen LogP contribution in [0.4, 0.5) is 24.7 Å². The number of likely N-dealkylation sites (N-methyl/N-ethyl adjacent to an activating group) is 1. The van der Waals surface area contributed by atoms with Crippen molar-refractivity contribution in [2.75, 3.05) is 56.2 Å². The molecule has 0 spiro atoms. The second-order valence-electron chi connectivity index (χ2n) is 11.5. The van der Waals surface area contributed by atoms with Crippen LogP contribution in [0.3, 0.4) is 0 Å². The average Bonchev–Trinajstić information content (AvgIpc) is 3.34. The van der Waals surface area contributed by atoms with Gasteiger partial charge in [0.05, 0.1) is 24.1 Å². The van der Waals surface area contributed by atoms with Gasteiger partial charge in [-0.05, 0) is 70.0 Å². The predicted octanol–water partition coefficient (Wildman–Crippen LogP) is 3.99. The number of carbonyl (C=O) groups excluding carboxylic acids is 2. The number of halogens is 3. The third kappa shape index (κ3) is 6.22. The van der Waals surface area contributed by atoms with Crippen molar-refractivity contribution in [1.82, 2.24) is 19.8 Å². The van der Waals surface area contributed by atoms with Gasteiger partial charge in [-0.1, -0.05) is 12.6 Å². The number of rotatable bonds is 7. The molecule has 10 nitrogen and oxygen atoms in total. The number of hydrogen-bond acceptors (Lipinski definition) is 8. The Labute approximate surface area is 254 Å². The van der Waals surface area contributed by atoms with Gasteiger partial charge in [0, 0.05) is 43.5 Å². The molecule has 234 valence electrons. The molecule has 2 aromatic rings. The van der Waals surface area contributed by atoms with Crippen molar-refractivity contribution in [3.8, 4) is 12.1 Å². The summed E-state index contributed by atoms with van der Waals surface area (Å²) in [6, 6.07) is 5.74. The summed E-state index contributed by atoms with van der Waals surface area (Å²) < 4.78 is 47.3. The van der Waals surface area contributed by atoms with Gasteiger partial charge in [0.2, 0.25) is 5.91 Å². The van der Waals surface area contributed by atoms with Crippen molar-refractivity contribution in [1.29, 1.82) is 5.26 Å². The van der Waals surface area contributed by atoms with Gasteiger partial charge in [-0.25, -0.2) is 0 Å². The predicted molar refractivity (Wildman–Crippen MR) is 157 cm³/mol. The van der Waals surface area contributed by atoms with Crippen molar-refractivity contribution in [3.05, 3.63) is 53.2 Å². The Hall–Kier alpha value is -4.18. The number of ether oxygens (including phenoxy) is 1. The third-order valence-electron chi connectivity index (χ3n) is 8.77. The molecule has 3 aliphatic heterocycles. The molecule has 13 heteroatoms. The van der Waals surface area contributed by atoms with Crippen LogP contribution in [-0.2, 0) is 17.4 Å². The van der Waals surface area contributed by atoms with E-state index in [0.29, 0.717) is 50.5 Å². The fourth-order valence-corrected chi connectivity index (χ4v) is 6.38. The molecule has 0 N–H and O–H groups in total. The van der Waals surface area contributed by atoms with Crippen molar-refractivity contribution in [2.24, 2.45) is 0 Å². The van der Waals surface area contributed by atoms with E-state index in [0.717, 1.165) is 25.5 Å². The fraction of sp³-hybridized carbons (Fsp3) is 0.516. The zero-order valence-corrected chi connectivity index (χ0v) is 24.9. The summed E-state index contributed by atoms with van der Waals surface area (Å²) >= 11 is 0. The molecule has 2 fully saturated rings. The quantitative estimate of drug-likeness (QED) is 0.433. The molecule has 1 aromatic carbocycles. The number of benzene rings is 1. The Balaban J connectivity index is 1.55. The summed E-state index contributed by atoms with van der Waals surface area (Å²) in [6.07, 6.45) is -0.372. The number of fused-ring (bicyclic) bond motifs is 1. The molecule has 3 aliphatic rings. The van der Waals surface area contributed by atoms with Gasteiger partial charge < -0.3 is 24.3 Å². The van der Waals surface area contributed by atoms with Gasteiger partial charge in [-0.3, -0.25) is 9.59 Å². The first-order valence-electron chi connectivity index (χ1n) is 14.8. The van der Waals surface area contributed by atoms with E-state index in [4.69, 9.17) is 9.72 Å². The van der Waals surface area contributed by atoms with Gasteiger partial charge in [-0.15, -0.1) is 0 Å². The van der Waals surface area contributed by atoms with E-state index in [1.807, 2.05) is 11.9 Å². The van der Waals surface area contributed by atoms with Crippen LogP contribution in [0.25, 0.3) is 0 Å². The number of alkyl halides is 3. The zero-order valence-electron chi connectivity index (χ0n) is 24.9. The lowest BCUT2D eigenvalue weighted by atomic mass is 10.0. The Morgan fingerprint density at radius 2 is 1.98 bits per heavy atom. The van der Waals surface area contributed by atoms with Crippen LogP contribution in [0.2, 0.25) is 0 Å². The summed E-state index contributed by atoms with van der Waals surface area (Å²) in [5.41, 5.74) is 0.00992. The number of likely N-dealkylation sites (tertiary alicyclic amines) is 1. The molecule has 1 aromatic heterocycles. The number of nitrogens with zero attached hydrogens (tertiary/aromatic N) is 7. The van der Waals surface area contributed by atoms with Crippen molar-refractivity contribution < 1.29 is 27.5 Å². The highest BCUT2D eigenvalue weighted by Crippen LogP contribution is 2.38. The fourth-order valence-electron chi connectivity index (χ4n) is 6.38. The Morgan fingerprint density at radius 3 is 2.66 bits per heavy atom. The maximum atomic E-state index is 14.2. The van der Waals surface area contributed by atoms with E-state index < -0.39 is 23.7 Å². The summed E-state index contributed by atoms with van der Waals surface area (Å²) in [7, 11) is 2.02. The van der Waals surface area contributed by atoms with Crippen LogP contribution >= 0.6 is 0 Å². The zero-order chi connectivity index (χ0) is 31.6. The van der Waals surface area contributed by atoms with Crippen LogP contribution in [-0.4, -0.2) is 90.0 Å². The highest BCUT2D eigenvalue weighted by atomic mass is 19.4. The second-order valence-corrected chi connectivity index (χ2v) is 11.5. The van der Waals surface area contributed by atoms with Crippen LogP contribution in [0.5, 0.6) is 6.01 Å². The molecule has 2 amide bonds. The van der Waals surface area contributed by atoms with Crippen molar-refractivity contribution in [3.63, 3.8) is 0 Å². The van der Waals surface area contributed by atoms with Gasteiger partial charge in [-0.2, -0.15) is 28.4 Å². The molecule has 2 atom stereocenters. The van der Waals surface area contributed by atoms with E-state index in [-0.39, 0.29) is 47.9 Å². The van der Waals surface area contributed by atoms with Crippen molar-refractivity contribution in [2.45, 2.75) is 57.3 Å². The lowest BCUT2D eigenvalue weighted by Gasteiger charge is -2.41. The maximum absolute atomic E-state index is 14.2. The molecule has 5 rings (SSSR count). The van der Waals surface area contributed by atoms with Crippen LogP contribution in [0.1, 0.15) is 52.9 Å². The molecule has 1 unspecified atom stereocenters. The third-order valence-corrected chi connectivity index (χ3v) is 8.77. The maximum Gasteiger partial charge on any atom is 0.416 e. The molecule has 0 radical (unpaired) electrons. The van der Waals surface area contributed by atoms with Gasteiger partial charge >= 0.3 is 12.2 Å². The van der Waals surface area contributed by atoms with E-state index >= 15 is 0 Å². The molecule has 44 heavy (non-hydrogen) atoms. The normalized spacial score (nSPS) is 21.1. The first kappa shape index (κ1) is 31.3. The summed E-state index contributed by atoms with van der Waals surface area (Å²) in [4.78, 5) is 43.1. The largest absolute Gasteiger partial charge is 0.462 e. The Kier molecular flexibility index (Phi) is 9.10. The number of nitriles is 1. The van der Waals surface area contributed by atoms with E-state index in [1.54, 1.807) is 4.90 Å². The minimum absolute atomic E-state index is 0.0106. The number of anilines is 2. The van der Waals surface area contributed by atoms with Crippen LogP contribution < -0.4 is 14.5 Å². The summed E-state index contributed by atoms with van der Waals surface area (Å²) in [5, 5.41) is 9.48. The molecule has 0 aliphatic carbocycles. The first-order chi connectivity index (χ1) is 21.0. The minimum atomic E-state index is -4.56. The molecule has 4 heterocycles. The van der Waals surface area contributed by atoms with Crippen LogP contribution in [0, 0.1) is 18.3 Å². The molecular formula is C31H36F3N7O3. The number of hydrogen-bond donors (Lipinski definition) is 0. The topological polar surface area (TPSA) is 106 Å². The number of aromatic nitrogens is 2.